The third kappa shape index (κ3) is 4.24. The second-order valence-electron chi connectivity index (χ2n) is 8.60. The number of amides is 2. The van der Waals surface area contributed by atoms with E-state index in [-0.39, 0.29) is 11.8 Å². The van der Waals surface area contributed by atoms with Gasteiger partial charge in [-0.3, -0.25) is 14.6 Å². The van der Waals surface area contributed by atoms with Crippen LogP contribution in [-0.4, -0.2) is 46.4 Å². The minimum Gasteiger partial charge on any atom is -0.371 e. The number of hydrogen-bond donors (Lipinski definition) is 2. The number of thiophene rings is 1. The van der Waals surface area contributed by atoms with Gasteiger partial charge in [0.1, 0.15) is 0 Å². The molecule has 2 N–H and O–H groups in total. The monoisotopic (exact) mass is 462 g/mol. The molecule has 170 valence electrons. The lowest BCUT2D eigenvalue weighted by molar-refractivity contribution is 0.00905. The Balaban J connectivity index is 1.27. The number of aliphatic hydroxyl groups excluding tert-OH is 1. The Morgan fingerprint density at radius 1 is 1.15 bits per heavy atom. The Morgan fingerprint density at radius 2 is 1.91 bits per heavy atom. The summed E-state index contributed by atoms with van der Waals surface area (Å²) >= 11 is 1.41. The van der Waals surface area contributed by atoms with Crippen LogP contribution in [0.1, 0.15) is 49.5 Å². The molecular weight excluding hydrogens is 436 g/mol. The Bertz CT molecular complexity index is 1170. The fraction of sp³-hybridized carbons (Fsp3) is 0.320. The fourth-order valence-electron chi connectivity index (χ4n) is 4.68. The number of rotatable bonds is 5. The number of piperidine rings is 1. The summed E-state index contributed by atoms with van der Waals surface area (Å²) < 4.78 is 0. The minimum absolute atomic E-state index is 0.229. The van der Waals surface area contributed by atoms with Gasteiger partial charge < -0.3 is 20.2 Å². The smallest absolute Gasteiger partial charge is 0.265 e. The minimum atomic E-state index is -0.994. The van der Waals surface area contributed by atoms with Crippen LogP contribution in [0.2, 0.25) is 0 Å². The quantitative estimate of drug-likeness (QED) is 0.597. The van der Waals surface area contributed by atoms with Crippen molar-refractivity contribution in [3.63, 3.8) is 0 Å². The highest BCUT2D eigenvalue weighted by atomic mass is 32.1. The standard InChI is InChI=1S/C25H26N4O3S/c1-16-5-6-21(33-16)23(30)27-20-4-2-3-19-22(20)25(32)29(24(19)31)15-17-9-13-28(14-10-17)18-7-11-26-12-8-18/h2-8,11-12,17,24,31H,9-10,13-15H2,1H3,(H,27,30). The molecule has 2 aliphatic heterocycles. The molecule has 4 heterocycles. The highest BCUT2D eigenvalue weighted by molar-refractivity contribution is 7.14. The maximum Gasteiger partial charge on any atom is 0.265 e. The van der Waals surface area contributed by atoms with E-state index in [1.165, 1.54) is 11.3 Å². The molecule has 1 atom stereocenters. The highest BCUT2D eigenvalue weighted by Crippen LogP contribution is 2.38. The Kier molecular flexibility index (Phi) is 5.86. The molecule has 3 aromatic rings. The van der Waals surface area contributed by atoms with Crippen molar-refractivity contribution in [3.8, 4) is 0 Å². The normalized spacial score (nSPS) is 18.5. The first-order valence-corrected chi connectivity index (χ1v) is 12.0. The van der Waals surface area contributed by atoms with Gasteiger partial charge in [-0.05, 0) is 56.0 Å². The lowest BCUT2D eigenvalue weighted by Gasteiger charge is -2.35. The molecule has 0 spiro atoms. The van der Waals surface area contributed by atoms with E-state index in [9.17, 15) is 14.7 Å². The first kappa shape index (κ1) is 21.6. The molecule has 1 aromatic carbocycles. The molecule has 1 saturated heterocycles. The van der Waals surface area contributed by atoms with Gasteiger partial charge in [-0.2, -0.15) is 0 Å². The van der Waals surface area contributed by atoms with E-state index < -0.39 is 6.23 Å². The number of carbonyl (C=O) groups excluding carboxylic acids is 2. The summed E-state index contributed by atoms with van der Waals surface area (Å²) in [6.07, 6.45) is 4.49. The van der Waals surface area contributed by atoms with Crippen LogP contribution >= 0.6 is 11.3 Å². The number of fused-ring (bicyclic) bond motifs is 1. The third-order valence-electron chi connectivity index (χ3n) is 6.45. The van der Waals surface area contributed by atoms with Crippen molar-refractivity contribution < 1.29 is 14.7 Å². The maximum atomic E-state index is 13.3. The lowest BCUT2D eigenvalue weighted by atomic mass is 9.96. The zero-order valence-electron chi connectivity index (χ0n) is 18.4. The van der Waals surface area contributed by atoms with Gasteiger partial charge in [-0.1, -0.05) is 12.1 Å². The van der Waals surface area contributed by atoms with Gasteiger partial charge in [0.25, 0.3) is 11.8 Å². The number of nitrogens with one attached hydrogen (secondary N) is 1. The number of benzene rings is 1. The van der Waals surface area contributed by atoms with Gasteiger partial charge in [-0.25, -0.2) is 0 Å². The van der Waals surface area contributed by atoms with Gasteiger partial charge in [0.2, 0.25) is 0 Å². The third-order valence-corrected chi connectivity index (χ3v) is 7.45. The molecule has 2 amide bonds. The van der Waals surface area contributed by atoms with Crippen molar-refractivity contribution in [2.45, 2.75) is 26.0 Å². The van der Waals surface area contributed by atoms with Crippen LogP contribution in [0.15, 0.2) is 54.9 Å². The molecule has 33 heavy (non-hydrogen) atoms. The summed E-state index contributed by atoms with van der Waals surface area (Å²) in [5, 5.41) is 13.8. The van der Waals surface area contributed by atoms with E-state index in [2.05, 4.69) is 15.2 Å². The van der Waals surface area contributed by atoms with E-state index >= 15 is 0 Å². The topological polar surface area (TPSA) is 85.8 Å². The molecule has 0 bridgehead atoms. The Hall–Kier alpha value is -3.23. The molecule has 5 rings (SSSR count). The van der Waals surface area contributed by atoms with E-state index in [1.54, 1.807) is 41.6 Å². The van der Waals surface area contributed by atoms with Crippen LogP contribution < -0.4 is 10.2 Å². The average Bonchev–Trinajstić information content (AvgIpc) is 3.38. The number of hydrogen-bond acceptors (Lipinski definition) is 6. The molecule has 0 saturated carbocycles. The summed E-state index contributed by atoms with van der Waals surface area (Å²) in [5.41, 5.74) is 2.55. The second-order valence-corrected chi connectivity index (χ2v) is 9.89. The molecule has 2 aromatic heterocycles. The van der Waals surface area contributed by atoms with Gasteiger partial charge in [0, 0.05) is 48.2 Å². The van der Waals surface area contributed by atoms with Crippen LogP contribution in [-0.2, 0) is 0 Å². The number of pyridine rings is 1. The van der Waals surface area contributed by atoms with Gasteiger partial charge >= 0.3 is 0 Å². The van der Waals surface area contributed by atoms with Crippen LogP contribution in [0.4, 0.5) is 11.4 Å². The first-order chi connectivity index (χ1) is 16.0. The Labute approximate surface area is 196 Å². The molecular formula is C25H26N4O3S. The summed E-state index contributed by atoms with van der Waals surface area (Å²) in [6, 6.07) is 12.9. The van der Waals surface area contributed by atoms with E-state index in [1.807, 2.05) is 25.1 Å². The zero-order valence-corrected chi connectivity index (χ0v) is 19.2. The van der Waals surface area contributed by atoms with Crippen molar-refractivity contribution in [1.82, 2.24) is 9.88 Å². The molecule has 1 unspecified atom stereocenters. The number of aromatic nitrogens is 1. The SMILES string of the molecule is Cc1ccc(C(=O)Nc2cccc3c2C(=O)N(CC2CCN(c4ccncc4)CC2)C3O)s1. The second kappa shape index (κ2) is 8.96. The van der Waals surface area contributed by atoms with E-state index in [0.717, 1.165) is 36.5 Å². The van der Waals surface area contributed by atoms with Crippen LogP contribution in [0.3, 0.4) is 0 Å². The van der Waals surface area contributed by atoms with Crippen molar-refractivity contribution in [3.05, 3.63) is 75.7 Å². The van der Waals surface area contributed by atoms with Crippen molar-refractivity contribution in [2.75, 3.05) is 29.9 Å². The van der Waals surface area contributed by atoms with E-state index in [0.29, 0.717) is 34.2 Å². The molecule has 2 aliphatic rings. The largest absolute Gasteiger partial charge is 0.371 e. The zero-order chi connectivity index (χ0) is 22.9. The average molecular weight is 463 g/mol. The molecule has 8 heteroatoms. The van der Waals surface area contributed by atoms with Crippen LogP contribution in [0, 0.1) is 12.8 Å². The van der Waals surface area contributed by atoms with Crippen LogP contribution in [0.25, 0.3) is 0 Å². The van der Waals surface area contributed by atoms with Crippen molar-refractivity contribution in [2.24, 2.45) is 5.92 Å². The first-order valence-electron chi connectivity index (χ1n) is 11.2. The van der Waals surface area contributed by atoms with E-state index in [4.69, 9.17) is 0 Å². The van der Waals surface area contributed by atoms with Gasteiger partial charge in [-0.15, -0.1) is 11.3 Å². The number of carbonyl (C=O) groups is 2. The number of aliphatic hydroxyl groups is 1. The maximum absolute atomic E-state index is 13.3. The summed E-state index contributed by atoms with van der Waals surface area (Å²) in [5.74, 6) is -0.166. The predicted octanol–water partition coefficient (Wildman–Crippen LogP) is 4.07. The molecule has 1 fully saturated rings. The highest BCUT2D eigenvalue weighted by Gasteiger charge is 2.39. The fourth-order valence-corrected chi connectivity index (χ4v) is 5.44. The molecule has 0 radical (unpaired) electrons. The van der Waals surface area contributed by atoms with Gasteiger partial charge in [0.15, 0.2) is 6.23 Å². The van der Waals surface area contributed by atoms with Gasteiger partial charge in [0.05, 0.1) is 16.1 Å². The number of nitrogens with zero attached hydrogens (tertiary/aromatic N) is 3. The Morgan fingerprint density at radius 3 is 2.61 bits per heavy atom. The van der Waals surface area contributed by atoms with Crippen molar-refractivity contribution in [1.29, 1.82) is 0 Å². The van der Waals surface area contributed by atoms with Crippen LogP contribution in [0.5, 0.6) is 0 Å². The lowest BCUT2D eigenvalue weighted by Crippen LogP contribution is -2.40. The number of aryl methyl sites for hydroxylation is 1. The summed E-state index contributed by atoms with van der Waals surface area (Å²) in [6.45, 7) is 4.25. The number of anilines is 2. The molecule has 7 nitrogen and oxygen atoms in total. The predicted molar refractivity (Wildman–Crippen MR) is 129 cm³/mol. The van der Waals surface area contributed by atoms with Crippen molar-refractivity contribution >= 4 is 34.5 Å². The summed E-state index contributed by atoms with van der Waals surface area (Å²) in [4.78, 5) is 35.6. The molecule has 0 aliphatic carbocycles. The summed E-state index contributed by atoms with van der Waals surface area (Å²) in [7, 11) is 0.